The third-order valence-corrected chi connectivity index (χ3v) is 5.26. The van der Waals surface area contributed by atoms with Gasteiger partial charge in [0, 0.05) is 30.3 Å². The summed E-state index contributed by atoms with van der Waals surface area (Å²) in [6.07, 6.45) is 7.21. The minimum atomic E-state index is 0.212. The van der Waals surface area contributed by atoms with E-state index >= 15 is 0 Å². The molecule has 1 aliphatic carbocycles. The van der Waals surface area contributed by atoms with E-state index in [0.29, 0.717) is 5.92 Å². The SMILES string of the molecule is NC1CCc2ccccc2N(Cc2cc(C3CCCC3)on2)C1. The molecule has 1 aromatic heterocycles. The van der Waals surface area contributed by atoms with E-state index in [1.54, 1.807) is 0 Å². The summed E-state index contributed by atoms with van der Waals surface area (Å²) >= 11 is 0. The van der Waals surface area contributed by atoms with Crippen molar-refractivity contribution in [1.82, 2.24) is 5.16 Å². The summed E-state index contributed by atoms with van der Waals surface area (Å²) in [6, 6.07) is 11.0. The summed E-state index contributed by atoms with van der Waals surface area (Å²) in [5, 5.41) is 4.33. The highest BCUT2D eigenvalue weighted by atomic mass is 16.5. The number of para-hydroxylation sites is 1. The number of hydrogen-bond acceptors (Lipinski definition) is 4. The molecule has 4 rings (SSSR count). The summed E-state index contributed by atoms with van der Waals surface area (Å²) in [5.41, 5.74) is 9.99. The molecule has 0 amide bonds. The third-order valence-electron chi connectivity index (χ3n) is 5.26. The number of rotatable bonds is 3. The molecule has 23 heavy (non-hydrogen) atoms. The van der Waals surface area contributed by atoms with Gasteiger partial charge in [-0.1, -0.05) is 36.2 Å². The molecule has 4 heteroatoms. The average molecular weight is 311 g/mol. The van der Waals surface area contributed by atoms with Crippen molar-refractivity contribution in [3.63, 3.8) is 0 Å². The third kappa shape index (κ3) is 3.13. The van der Waals surface area contributed by atoms with Gasteiger partial charge >= 0.3 is 0 Å². The average Bonchev–Trinajstić information content (AvgIpc) is 3.21. The molecule has 2 heterocycles. The zero-order valence-electron chi connectivity index (χ0n) is 13.6. The highest BCUT2D eigenvalue weighted by molar-refractivity contribution is 5.55. The predicted octanol–water partition coefficient (Wildman–Crippen LogP) is 3.61. The monoisotopic (exact) mass is 311 g/mol. The standard InChI is InChI=1S/C19H25N3O/c20-16-10-9-14-5-3-4-8-18(14)22(12-16)13-17-11-19(23-21-17)15-6-1-2-7-15/h3-5,8,11,15-16H,1-2,6-7,9-10,12-13,20H2. The van der Waals surface area contributed by atoms with Crippen molar-refractivity contribution in [2.75, 3.05) is 11.4 Å². The molecule has 1 unspecified atom stereocenters. The van der Waals surface area contributed by atoms with Crippen LogP contribution in [0.15, 0.2) is 34.9 Å². The molecule has 0 bridgehead atoms. The first-order valence-electron chi connectivity index (χ1n) is 8.83. The lowest BCUT2D eigenvalue weighted by atomic mass is 10.1. The molecule has 1 aromatic carbocycles. The molecular weight excluding hydrogens is 286 g/mol. The Kier molecular flexibility index (Phi) is 4.08. The van der Waals surface area contributed by atoms with E-state index < -0.39 is 0 Å². The lowest BCUT2D eigenvalue weighted by molar-refractivity contribution is 0.355. The molecule has 0 saturated heterocycles. The summed E-state index contributed by atoms with van der Waals surface area (Å²) < 4.78 is 5.63. The molecule has 2 aliphatic rings. The zero-order valence-corrected chi connectivity index (χ0v) is 13.6. The van der Waals surface area contributed by atoms with E-state index in [0.717, 1.165) is 37.4 Å². The fourth-order valence-corrected chi connectivity index (χ4v) is 4.00. The molecule has 2 aromatic rings. The van der Waals surface area contributed by atoms with Crippen molar-refractivity contribution in [3.8, 4) is 0 Å². The van der Waals surface area contributed by atoms with Crippen molar-refractivity contribution in [3.05, 3.63) is 47.3 Å². The van der Waals surface area contributed by atoms with Gasteiger partial charge in [-0.05, 0) is 37.3 Å². The Morgan fingerprint density at radius 2 is 2.00 bits per heavy atom. The molecule has 2 N–H and O–H groups in total. The summed E-state index contributed by atoms with van der Waals surface area (Å²) in [7, 11) is 0. The number of hydrogen-bond donors (Lipinski definition) is 1. The number of nitrogens with two attached hydrogens (primary N) is 1. The lowest BCUT2D eigenvalue weighted by Crippen LogP contribution is -2.36. The predicted molar refractivity (Wildman–Crippen MR) is 91.5 cm³/mol. The Morgan fingerprint density at radius 1 is 1.17 bits per heavy atom. The minimum absolute atomic E-state index is 0.212. The van der Waals surface area contributed by atoms with E-state index in [2.05, 4.69) is 40.4 Å². The van der Waals surface area contributed by atoms with Crippen LogP contribution in [0.3, 0.4) is 0 Å². The maximum atomic E-state index is 6.28. The van der Waals surface area contributed by atoms with E-state index in [9.17, 15) is 0 Å². The highest BCUT2D eigenvalue weighted by Crippen LogP contribution is 2.35. The van der Waals surface area contributed by atoms with Crippen LogP contribution in [0.4, 0.5) is 5.69 Å². The van der Waals surface area contributed by atoms with Gasteiger partial charge in [0.1, 0.15) is 11.5 Å². The zero-order chi connectivity index (χ0) is 15.6. The minimum Gasteiger partial charge on any atom is -0.364 e. The lowest BCUT2D eigenvalue weighted by Gasteiger charge is -2.25. The molecule has 1 aliphatic heterocycles. The van der Waals surface area contributed by atoms with Crippen LogP contribution in [0.1, 0.15) is 55.0 Å². The Hall–Kier alpha value is -1.81. The quantitative estimate of drug-likeness (QED) is 0.941. The Morgan fingerprint density at radius 3 is 2.87 bits per heavy atom. The number of aromatic nitrogens is 1. The van der Waals surface area contributed by atoms with Gasteiger partial charge in [0.05, 0.1) is 6.54 Å². The van der Waals surface area contributed by atoms with Crippen LogP contribution < -0.4 is 10.6 Å². The van der Waals surface area contributed by atoms with Crippen LogP contribution in [-0.2, 0) is 13.0 Å². The van der Waals surface area contributed by atoms with Crippen LogP contribution in [0.25, 0.3) is 0 Å². The fraction of sp³-hybridized carbons (Fsp3) is 0.526. The van der Waals surface area contributed by atoms with Gasteiger partial charge < -0.3 is 15.2 Å². The van der Waals surface area contributed by atoms with Crippen molar-refractivity contribution in [1.29, 1.82) is 0 Å². The second-order valence-electron chi connectivity index (χ2n) is 7.01. The molecule has 1 fully saturated rings. The van der Waals surface area contributed by atoms with E-state index in [-0.39, 0.29) is 6.04 Å². The van der Waals surface area contributed by atoms with Gasteiger partial charge in [-0.25, -0.2) is 0 Å². The second kappa shape index (κ2) is 6.36. The smallest absolute Gasteiger partial charge is 0.140 e. The first-order chi connectivity index (χ1) is 11.3. The first-order valence-corrected chi connectivity index (χ1v) is 8.83. The van der Waals surface area contributed by atoms with Crippen molar-refractivity contribution >= 4 is 5.69 Å². The molecule has 4 nitrogen and oxygen atoms in total. The highest BCUT2D eigenvalue weighted by Gasteiger charge is 2.24. The van der Waals surface area contributed by atoms with Crippen molar-refractivity contribution in [2.24, 2.45) is 5.73 Å². The largest absolute Gasteiger partial charge is 0.364 e. The molecule has 1 saturated carbocycles. The Balaban J connectivity index is 1.55. The number of aryl methyl sites for hydroxylation is 1. The van der Waals surface area contributed by atoms with E-state index in [1.165, 1.54) is 36.9 Å². The number of anilines is 1. The Labute approximate surface area is 137 Å². The van der Waals surface area contributed by atoms with E-state index in [4.69, 9.17) is 10.3 Å². The van der Waals surface area contributed by atoms with Crippen LogP contribution in [0, 0.1) is 0 Å². The van der Waals surface area contributed by atoms with Crippen LogP contribution in [0.2, 0.25) is 0 Å². The van der Waals surface area contributed by atoms with Crippen LogP contribution in [-0.4, -0.2) is 17.7 Å². The normalized spacial score (nSPS) is 22.1. The first kappa shape index (κ1) is 14.8. The molecule has 0 spiro atoms. The Bertz CT molecular complexity index is 660. The topological polar surface area (TPSA) is 55.3 Å². The van der Waals surface area contributed by atoms with Crippen molar-refractivity contribution < 1.29 is 4.52 Å². The maximum Gasteiger partial charge on any atom is 0.140 e. The number of benzene rings is 1. The number of nitrogens with zero attached hydrogens (tertiary/aromatic N) is 2. The van der Waals surface area contributed by atoms with Gasteiger partial charge in [-0.3, -0.25) is 0 Å². The van der Waals surface area contributed by atoms with Gasteiger partial charge in [0.2, 0.25) is 0 Å². The molecule has 1 atom stereocenters. The maximum absolute atomic E-state index is 6.28. The van der Waals surface area contributed by atoms with Gasteiger partial charge in [-0.15, -0.1) is 0 Å². The van der Waals surface area contributed by atoms with Crippen molar-refractivity contribution in [2.45, 2.75) is 57.0 Å². The van der Waals surface area contributed by atoms with Gasteiger partial charge in [0.15, 0.2) is 0 Å². The summed E-state index contributed by atoms with van der Waals surface area (Å²) in [4.78, 5) is 2.36. The van der Waals surface area contributed by atoms with Crippen LogP contribution in [0.5, 0.6) is 0 Å². The summed E-state index contributed by atoms with van der Waals surface area (Å²) in [6.45, 7) is 1.66. The molecular formula is C19H25N3O. The summed E-state index contributed by atoms with van der Waals surface area (Å²) in [5.74, 6) is 1.65. The van der Waals surface area contributed by atoms with Gasteiger partial charge in [0.25, 0.3) is 0 Å². The van der Waals surface area contributed by atoms with Crippen LogP contribution >= 0.6 is 0 Å². The van der Waals surface area contributed by atoms with E-state index in [1.807, 2.05) is 0 Å². The second-order valence-corrected chi connectivity index (χ2v) is 7.01. The number of fused-ring (bicyclic) bond motifs is 1. The molecule has 0 radical (unpaired) electrons. The molecule has 122 valence electrons. The van der Waals surface area contributed by atoms with Gasteiger partial charge in [-0.2, -0.15) is 0 Å². The fourth-order valence-electron chi connectivity index (χ4n) is 4.00.